The van der Waals surface area contributed by atoms with Gasteiger partial charge in [0, 0.05) is 85.2 Å². The summed E-state index contributed by atoms with van der Waals surface area (Å²) < 4.78 is 45.9. The molecular formula is C48H53ClF2N6O8. The molecule has 8 rings (SSSR count). The highest BCUT2D eigenvalue weighted by molar-refractivity contribution is 6.31. The fraction of sp³-hybridized carbons (Fsp3) is 0.500. The van der Waals surface area contributed by atoms with Crippen LogP contribution in [0.2, 0.25) is 5.02 Å². The van der Waals surface area contributed by atoms with Gasteiger partial charge in [0.15, 0.2) is 0 Å². The molecule has 65 heavy (non-hydrogen) atoms. The summed E-state index contributed by atoms with van der Waals surface area (Å²) in [6.07, 6.45) is -0.401. The summed E-state index contributed by atoms with van der Waals surface area (Å²) in [5, 5.41) is 15.0. The number of carbonyl (C=O) groups is 5. The minimum Gasteiger partial charge on any atom is -0.496 e. The van der Waals surface area contributed by atoms with Crippen LogP contribution in [0, 0.1) is 28.1 Å². The van der Waals surface area contributed by atoms with E-state index in [0.29, 0.717) is 41.3 Å². The van der Waals surface area contributed by atoms with Gasteiger partial charge in [-0.15, -0.1) is 0 Å². The lowest BCUT2D eigenvalue weighted by Crippen LogP contribution is -2.74. The number of benzene rings is 3. The van der Waals surface area contributed by atoms with Crippen LogP contribution in [0.25, 0.3) is 0 Å². The molecule has 0 spiro atoms. The van der Waals surface area contributed by atoms with Crippen LogP contribution in [0.1, 0.15) is 103 Å². The number of fused-ring (bicyclic) bond motifs is 1. The third-order valence-electron chi connectivity index (χ3n) is 14.0. The average Bonchev–Trinajstić information content (AvgIpc) is 3.50. The van der Waals surface area contributed by atoms with Gasteiger partial charge in [-0.2, -0.15) is 5.26 Å². The quantitative estimate of drug-likeness (QED) is 0.167. The first kappa shape index (κ1) is 45.8. The van der Waals surface area contributed by atoms with Gasteiger partial charge in [-0.05, 0) is 67.6 Å². The number of nitrogens with zero attached hydrogens (tertiary/aromatic N) is 4. The Morgan fingerprint density at radius 1 is 0.954 bits per heavy atom. The number of methoxy groups -OCH3 is 1. The van der Waals surface area contributed by atoms with E-state index >= 15 is 0 Å². The molecular weight excluding hydrogens is 862 g/mol. The van der Waals surface area contributed by atoms with Gasteiger partial charge in [0.05, 0.1) is 35.4 Å². The maximum atomic E-state index is 13.9. The molecule has 3 heterocycles. The lowest BCUT2D eigenvalue weighted by atomic mass is 9.49. The highest BCUT2D eigenvalue weighted by Crippen LogP contribution is 2.55. The molecule has 4 fully saturated rings. The Kier molecular flexibility index (Phi) is 12.6. The van der Waals surface area contributed by atoms with E-state index in [1.165, 1.54) is 19.2 Å². The predicted octanol–water partition coefficient (Wildman–Crippen LogP) is 6.63. The summed E-state index contributed by atoms with van der Waals surface area (Å²) in [7, 11) is 1.36. The van der Waals surface area contributed by atoms with Crippen LogP contribution in [0.4, 0.5) is 14.5 Å². The van der Waals surface area contributed by atoms with Crippen molar-refractivity contribution < 1.29 is 47.0 Å². The topological polar surface area (TPSA) is 171 Å². The number of piperidine rings is 2. The summed E-state index contributed by atoms with van der Waals surface area (Å²) >= 11 is 6.25. The Hall–Kier alpha value is -5.79. The molecule has 5 amide bonds. The number of hydrogen-bond donors (Lipinski definition) is 2. The molecule has 0 unspecified atom stereocenters. The number of imide groups is 2. The van der Waals surface area contributed by atoms with E-state index in [9.17, 15) is 38.0 Å². The second-order valence-corrected chi connectivity index (χ2v) is 19.4. The Morgan fingerprint density at radius 2 is 1.65 bits per heavy atom. The first-order valence-electron chi connectivity index (χ1n) is 22.0. The van der Waals surface area contributed by atoms with E-state index in [0.717, 1.165) is 36.5 Å². The first-order valence-corrected chi connectivity index (χ1v) is 22.4. The summed E-state index contributed by atoms with van der Waals surface area (Å²) in [6.45, 7) is 9.89. The van der Waals surface area contributed by atoms with Gasteiger partial charge in [0.25, 0.3) is 24.1 Å². The summed E-state index contributed by atoms with van der Waals surface area (Å²) in [5.74, 6) is -1.56. The number of rotatable bonds is 14. The number of anilines is 1. The van der Waals surface area contributed by atoms with E-state index in [1.54, 1.807) is 18.2 Å². The number of carbonyl (C=O) groups excluding carboxylic acids is 5. The molecule has 0 bridgehead atoms. The fourth-order valence-corrected chi connectivity index (χ4v) is 11.0. The highest BCUT2D eigenvalue weighted by Gasteiger charge is 2.64. The van der Waals surface area contributed by atoms with E-state index in [4.69, 9.17) is 25.8 Å². The van der Waals surface area contributed by atoms with E-state index in [2.05, 4.69) is 49.3 Å². The molecule has 2 saturated carbocycles. The zero-order valence-electron chi connectivity index (χ0n) is 37.0. The van der Waals surface area contributed by atoms with Crippen molar-refractivity contribution in [3.63, 3.8) is 0 Å². The maximum Gasteiger partial charge on any atom is 0.266 e. The molecule has 2 aliphatic carbocycles. The maximum absolute atomic E-state index is 13.9. The van der Waals surface area contributed by atoms with Gasteiger partial charge in [-0.3, -0.25) is 39.1 Å². The molecule has 1 atom stereocenters. The van der Waals surface area contributed by atoms with E-state index < -0.39 is 46.9 Å². The number of nitriles is 1. The fourth-order valence-electron chi connectivity index (χ4n) is 10.8. The Bertz CT molecular complexity index is 2410. The van der Waals surface area contributed by atoms with Gasteiger partial charge in [-0.25, -0.2) is 8.78 Å². The monoisotopic (exact) mass is 914 g/mol. The standard InChI is InChI=1S/C48H53ClF2N6O8/c1-47(2)45(48(3,4)46(47)65-31-11-8-28(23-52)35(49)21-31)54-41(59)27-6-9-29(10-7-27)55-16-14-26(15-17-55)24-56(25-38(50)51)30-18-32(19-30)64-33-20-34-40(37(22-33)63-5)44(62)57(43(34)61)36-12-13-39(58)53-42(36)60/h6-11,20-22,26,30,32,36,38,45-46H,12-19,24-25H2,1-5H3,(H,54,59)(H,53,58,60)/t30?,32?,36-,45?,46?/m1/s1. The van der Waals surface area contributed by atoms with Crippen LogP contribution in [-0.2, 0) is 9.59 Å². The molecule has 14 nitrogen and oxygen atoms in total. The molecule has 344 valence electrons. The Morgan fingerprint density at radius 3 is 2.26 bits per heavy atom. The molecule has 17 heteroatoms. The van der Waals surface area contributed by atoms with Crippen molar-refractivity contribution in [2.24, 2.45) is 16.7 Å². The number of amides is 5. The number of hydrogen-bond acceptors (Lipinski definition) is 11. The van der Waals surface area contributed by atoms with E-state index in [-0.39, 0.29) is 78.1 Å². The molecule has 2 N–H and O–H groups in total. The second-order valence-electron chi connectivity index (χ2n) is 19.0. The van der Waals surface area contributed by atoms with Crippen molar-refractivity contribution in [2.75, 3.05) is 38.2 Å². The normalized spacial score (nSPS) is 24.8. The Balaban J connectivity index is 0.820. The summed E-state index contributed by atoms with van der Waals surface area (Å²) in [4.78, 5) is 69.6. The molecule has 3 aromatic carbocycles. The SMILES string of the molecule is COc1cc(OC2CC(N(CC(F)F)CC3CCN(c4ccc(C(=O)NC5C(C)(C)C(Oc6ccc(C#N)c(Cl)c6)C5(C)C)cc4)CC3)C2)cc2c1C(=O)N([C@@H]1CCC(=O)NC1=O)C2=O. The highest BCUT2D eigenvalue weighted by atomic mass is 35.5. The minimum atomic E-state index is -2.51. The lowest BCUT2D eigenvalue weighted by molar-refractivity contribution is -0.164. The average molecular weight is 915 g/mol. The number of nitrogens with one attached hydrogen (secondary N) is 2. The Labute approximate surface area is 381 Å². The van der Waals surface area contributed by atoms with Crippen molar-refractivity contribution in [2.45, 2.75) is 103 Å². The molecule has 3 aliphatic heterocycles. The van der Waals surface area contributed by atoms with Gasteiger partial charge in [-0.1, -0.05) is 39.3 Å². The number of ether oxygens (including phenoxy) is 3. The van der Waals surface area contributed by atoms with Crippen LogP contribution in [0.15, 0.2) is 54.6 Å². The van der Waals surface area contributed by atoms with Crippen molar-refractivity contribution >= 4 is 46.8 Å². The lowest BCUT2D eigenvalue weighted by Gasteiger charge is -2.63. The number of halogens is 3. The molecule has 0 radical (unpaired) electrons. The largest absolute Gasteiger partial charge is 0.496 e. The van der Waals surface area contributed by atoms with Gasteiger partial charge < -0.3 is 24.4 Å². The zero-order chi connectivity index (χ0) is 46.5. The zero-order valence-corrected chi connectivity index (χ0v) is 37.8. The van der Waals surface area contributed by atoms with Crippen LogP contribution in [0.5, 0.6) is 17.2 Å². The second kappa shape index (κ2) is 17.9. The third-order valence-corrected chi connectivity index (χ3v) is 14.3. The summed E-state index contributed by atoms with van der Waals surface area (Å²) in [6, 6.07) is 16.1. The van der Waals surface area contributed by atoms with Crippen LogP contribution in [-0.4, -0.2) is 109 Å². The number of alkyl halides is 2. The summed E-state index contributed by atoms with van der Waals surface area (Å²) in [5.41, 5.74) is 1.14. The molecule has 0 aromatic heterocycles. The first-order chi connectivity index (χ1) is 30.9. The van der Waals surface area contributed by atoms with Crippen molar-refractivity contribution in [3.8, 4) is 23.3 Å². The van der Waals surface area contributed by atoms with Crippen LogP contribution < -0.4 is 29.7 Å². The molecule has 5 aliphatic rings. The van der Waals surface area contributed by atoms with Crippen molar-refractivity contribution in [1.82, 2.24) is 20.4 Å². The van der Waals surface area contributed by atoms with Gasteiger partial charge >= 0.3 is 0 Å². The predicted molar refractivity (Wildman–Crippen MR) is 235 cm³/mol. The van der Waals surface area contributed by atoms with Crippen LogP contribution in [0.3, 0.4) is 0 Å². The molecule has 2 saturated heterocycles. The third kappa shape index (κ3) is 8.84. The smallest absolute Gasteiger partial charge is 0.266 e. The van der Waals surface area contributed by atoms with Crippen LogP contribution >= 0.6 is 11.6 Å². The van der Waals surface area contributed by atoms with Crippen molar-refractivity contribution in [1.29, 1.82) is 5.26 Å². The minimum absolute atomic E-state index is 0.00306. The van der Waals surface area contributed by atoms with Crippen molar-refractivity contribution in [3.05, 3.63) is 81.9 Å². The van der Waals surface area contributed by atoms with E-state index in [1.807, 2.05) is 29.2 Å². The molecule has 3 aromatic rings. The van der Waals surface area contributed by atoms with Gasteiger partial charge in [0.1, 0.15) is 41.6 Å². The van der Waals surface area contributed by atoms with Gasteiger partial charge in [0.2, 0.25) is 11.8 Å².